The monoisotopic (exact) mass is 367 g/mol. The van der Waals surface area contributed by atoms with Gasteiger partial charge in [0, 0.05) is 17.1 Å². The molecule has 1 atom stereocenters. The van der Waals surface area contributed by atoms with Crippen molar-refractivity contribution >= 4 is 27.8 Å². The summed E-state index contributed by atoms with van der Waals surface area (Å²) in [7, 11) is 0. The number of hydrogen-bond acceptors (Lipinski definition) is 3. The van der Waals surface area contributed by atoms with E-state index < -0.39 is 0 Å². The molecule has 1 amide bonds. The molecule has 0 aromatic heterocycles. The van der Waals surface area contributed by atoms with Gasteiger partial charge in [0.15, 0.2) is 0 Å². The molecule has 0 saturated heterocycles. The van der Waals surface area contributed by atoms with Crippen LogP contribution in [0.3, 0.4) is 0 Å². The summed E-state index contributed by atoms with van der Waals surface area (Å²) in [5, 5.41) is 0. The van der Waals surface area contributed by atoms with Crippen LogP contribution in [0.1, 0.15) is 32.3 Å². The predicted octanol–water partition coefficient (Wildman–Crippen LogP) is 3.18. The van der Waals surface area contributed by atoms with Crippen molar-refractivity contribution < 1.29 is 14.3 Å². The summed E-state index contributed by atoms with van der Waals surface area (Å²) in [6.45, 7) is 4.43. The Labute approximate surface area is 140 Å². The lowest BCUT2D eigenvalue weighted by Gasteiger charge is -2.25. The maximum atomic E-state index is 12.6. The molecule has 2 rings (SSSR count). The molecule has 0 spiro atoms. The highest BCUT2D eigenvalue weighted by Gasteiger charge is 2.34. The first-order valence-corrected chi connectivity index (χ1v) is 8.51. The number of carbonyl (C=O) groups excluding carboxylic acids is 2. The molecular formula is C17H22BrNO3. The van der Waals surface area contributed by atoms with Gasteiger partial charge in [-0.3, -0.25) is 9.59 Å². The van der Waals surface area contributed by atoms with E-state index in [0.717, 1.165) is 22.9 Å². The minimum Gasteiger partial charge on any atom is -0.466 e. The first kappa shape index (κ1) is 17.0. The molecule has 0 N–H and O–H groups in total. The van der Waals surface area contributed by atoms with Crippen LogP contribution in [-0.4, -0.2) is 36.0 Å². The van der Waals surface area contributed by atoms with Crippen LogP contribution in [0.5, 0.6) is 0 Å². The van der Waals surface area contributed by atoms with Crippen LogP contribution in [0.2, 0.25) is 0 Å². The van der Waals surface area contributed by atoms with E-state index in [4.69, 9.17) is 4.74 Å². The van der Waals surface area contributed by atoms with Gasteiger partial charge < -0.3 is 9.64 Å². The van der Waals surface area contributed by atoms with Gasteiger partial charge in [-0.25, -0.2) is 0 Å². The number of ether oxygens (including phenoxy) is 1. The van der Waals surface area contributed by atoms with Crippen LogP contribution in [0.15, 0.2) is 28.7 Å². The van der Waals surface area contributed by atoms with Gasteiger partial charge in [-0.15, -0.1) is 0 Å². The Morgan fingerprint density at radius 3 is 2.50 bits per heavy atom. The fourth-order valence-electron chi connectivity index (χ4n) is 2.37. The second-order valence-electron chi connectivity index (χ2n) is 5.73. The van der Waals surface area contributed by atoms with Gasteiger partial charge in [-0.2, -0.15) is 0 Å². The van der Waals surface area contributed by atoms with Crippen LogP contribution in [0, 0.1) is 5.92 Å². The summed E-state index contributed by atoms with van der Waals surface area (Å²) < 4.78 is 6.03. The Kier molecular flexibility index (Phi) is 6.00. The highest BCUT2D eigenvalue weighted by Crippen LogP contribution is 2.28. The van der Waals surface area contributed by atoms with Crippen LogP contribution in [-0.2, 0) is 20.7 Å². The van der Waals surface area contributed by atoms with E-state index in [9.17, 15) is 9.59 Å². The summed E-state index contributed by atoms with van der Waals surface area (Å²) in [4.78, 5) is 26.2. The molecule has 0 aliphatic heterocycles. The highest BCUT2D eigenvalue weighted by atomic mass is 79.9. The third-order valence-electron chi connectivity index (χ3n) is 3.74. The van der Waals surface area contributed by atoms with Crippen molar-refractivity contribution in [2.24, 2.45) is 5.92 Å². The van der Waals surface area contributed by atoms with Crippen molar-refractivity contribution in [1.29, 1.82) is 0 Å². The molecule has 4 nitrogen and oxygen atoms in total. The number of halogens is 1. The van der Waals surface area contributed by atoms with E-state index in [-0.39, 0.29) is 17.8 Å². The number of hydrogen-bond donors (Lipinski definition) is 0. The average Bonchev–Trinajstić information content (AvgIpc) is 3.31. The third kappa shape index (κ3) is 4.83. The number of amides is 1. The summed E-state index contributed by atoms with van der Waals surface area (Å²) >= 11 is 3.39. The average molecular weight is 368 g/mol. The molecule has 0 radical (unpaired) electrons. The molecule has 22 heavy (non-hydrogen) atoms. The zero-order valence-electron chi connectivity index (χ0n) is 13.0. The summed E-state index contributed by atoms with van der Waals surface area (Å²) in [5.41, 5.74) is 0.989. The maximum absolute atomic E-state index is 12.6. The lowest BCUT2D eigenvalue weighted by molar-refractivity contribution is -0.148. The van der Waals surface area contributed by atoms with Crippen LogP contribution in [0.4, 0.5) is 0 Å². The van der Waals surface area contributed by atoms with Gasteiger partial charge in [0.1, 0.15) is 0 Å². The van der Waals surface area contributed by atoms with Crippen molar-refractivity contribution in [3.8, 4) is 0 Å². The predicted molar refractivity (Wildman–Crippen MR) is 88.4 cm³/mol. The second-order valence-corrected chi connectivity index (χ2v) is 6.65. The van der Waals surface area contributed by atoms with E-state index in [1.807, 2.05) is 36.1 Å². The fourth-order valence-corrected chi connectivity index (χ4v) is 2.64. The lowest BCUT2D eigenvalue weighted by Crippen LogP contribution is -2.39. The van der Waals surface area contributed by atoms with Crippen LogP contribution in [0.25, 0.3) is 0 Å². The Morgan fingerprint density at radius 2 is 1.95 bits per heavy atom. The van der Waals surface area contributed by atoms with Gasteiger partial charge in [0.2, 0.25) is 5.91 Å². The SMILES string of the molecule is CCOC(=O)C(C)CN(C(=O)Cc1ccc(Br)cc1)C1CC1. The highest BCUT2D eigenvalue weighted by molar-refractivity contribution is 9.10. The van der Waals surface area contributed by atoms with Crippen LogP contribution < -0.4 is 0 Å². The molecule has 1 aromatic rings. The first-order chi connectivity index (χ1) is 10.5. The molecule has 1 saturated carbocycles. The lowest BCUT2D eigenvalue weighted by atomic mass is 10.1. The molecule has 1 aliphatic carbocycles. The largest absolute Gasteiger partial charge is 0.466 e. The van der Waals surface area contributed by atoms with E-state index in [2.05, 4.69) is 15.9 Å². The number of rotatable bonds is 7. The normalized spacial score (nSPS) is 15.2. The fraction of sp³-hybridized carbons (Fsp3) is 0.529. The summed E-state index contributed by atoms with van der Waals surface area (Å²) in [6, 6.07) is 8.06. The summed E-state index contributed by atoms with van der Waals surface area (Å²) in [5.74, 6) is -0.431. The molecule has 1 aliphatic rings. The Balaban J connectivity index is 1.96. The number of esters is 1. The molecule has 1 unspecified atom stereocenters. The maximum Gasteiger partial charge on any atom is 0.310 e. The number of nitrogens with zero attached hydrogens (tertiary/aromatic N) is 1. The number of carbonyl (C=O) groups is 2. The zero-order valence-corrected chi connectivity index (χ0v) is 14.6. The molecule has 120 valence electrons. The van der Waals surface area contributed by atoms with E-state index in [1.54, 1.807) is 6.92 Å². The standard InChI is InChI=1S/C17H22BrNO3/c1-3-22-17(21)12(2)11-19(15-8-9-15)16(20)10-13-4-6-14(18)7-5-13/h4-7,12,15H,3,8-11H2,1-2H3. The van der Waals surface area contributed by atoms with Crippen LogP contribution >= 0.6 is 15.9 Å². The van der Waals surface area contributed by atoms with Crippen molar-refractivity contribution in [1.82, 2.24) is 4.90 Å². The third-order valence-corrected chi connectivity index (χ3v) is 4.26. The quantitative estimate of drug-likeness (QED) is 0.695. The molecule has 1 fully saturated rings. The molecule has 0 heterocycles. The van der Waals surface area contributed by atoms with Gasteiger partial charge in [0.25, 0.3) is 0 Å². The van der Waals surface area contributed by atoms with Crippen molar-refractivity contribution in [2.45, 2.75) is 39.2 Å². The van der Waals surface area contributed by atoms with Crippen molar-refractivity contribution in [3.05, 3.63) is 34.3 Å². The van der Waals surface area contributed by atoms with Gasteiger partial charge in [0.05, 0.1) is 18.9 Å². The Bertz CT molecular complexity index is 525. The van der Waals surface area contributed by atoms with E-state index in [0.29, 0.717) is 25.6 Å². The van der Waals surface area contributed by atoms with Crippen molar-refractivity contribution in [2.75, 3.05) is 13.2 Å². The minimum absolute atomic E-state index is 0.0842. The van der Waals surface area contributed by atoms with E-state index >= 15 is 0 Å². The van der Waals surface area contributed by atoms with Gasteiger partial charge >= 0.3 is 5.97 Å². The minimum atomic E-state index is -0.283. The smallest absolute Gasteiger partial charge is 0.310 e. The topological polar surface area (TPSA) is 46.6 Å². The van der Waals surface area contributed by atoms with E-state index in [1.165, 1.54) is 0 Å². The first-order valence-electron chi connectivity index (χ1n) is 7.71. The van der Waals surface area contributed by atoms with Gasteiger partial charge in [-0.05, 0) is 37.5 Å². The molecule has 5 heteroatoms. The Morgan fingerprint density at radius 1 is 1.32 bits per heavy atom. The molecular weight excluding hydrogens is 346 g/mol. The zero-order chi connectivity index (χ0) is 16.1. The van der Waals surface area contributed by atoms with Crippen molar-refractivity contribution in [3.63, 3.8) is 0 Å². The molecule has 0 bridgehead atoms. The summed E-state index contributed by atoms with van der Waals surface area (Å²) in [6.07, 6.45) is 2.43. The molecule has 1 aromatic carbocycles. The number of benzene rings is 1. The Hall–Kier alpha value is -1.36. The van der Waals surface area contributed by atoms with Gasteiger partial charge in [-0.1, -0.05) is 35.0 Å². The second kappa shape index (κ2) is 7.77.